The van der Waals surface area contributed by atoms with Crippen LogP contribution >= 0.6 is 0 Å². The minimum Gasteiger partial charge on any atom is -0.489 e. The molecule has 2 N–H and O–H groups in total. The molecule has 0 radical (unpaired) electrons. The first-order valence-corrected chi connectivity index (χ1v) is 7.23. The predicted octanol–water partition coefficient (Wildman–Crippen LogP) is 1.09. The van der Waals surface area contributed by atoms with Crippen LogP contribution in [0.3, 0.4) is 0 Å². The number of ether oxygens (including phenoxy) is 1. The van der Waals surface area contributed by atoms with Crippen molar-refractivity contribution in [2.24, 2.45) is 0 Å². The smallest absolute Gasteiger partial charge is 0.258 e. The van der Waals surface area contributed by atoms with Gasteiger partial charge in [0.15, 0.2) is 5.75 Å². The fourth-order valence-electron chi connectivity index (χ4n) is 2.26. The molecule has 114 valence electrons. The molecule has 6 heteroatoms. The van der Waals surface area contributed by atoms with Crippen LogP contribution in [0.5, 0.6) is 5.75 Å². The van der Waals surface area contributed by atoms with Gasteiger partial charge in [-0.1, -0.05) is 6.07 Å². The summed E-state index contributed by atoms with van der Waals surface area (Å²) in [5, 5.41) is 5.90. The van der Waals surface area contributed by atoms with Gasteiger partial charge in [0.1, 0.15) is 6.61 Å². The Bertz CT molecular complexity index is 531. The second-order valence-electron chi connectivity index (χ2n) is 4.73. The van der Waals surface area contributed by atoms with E-state index in [1.165, 1.54) is 4.90 Å². The number of fused-ring (bicyclic) bond motifs is 1. The molecule has 1 aliphatic rings. The number of hydrogen-bond acceptors (Lipinski definition) is 4. The van der Waals surface area contributed by atoms with Crippen LogP contribution in [0.2, 0.25) is 0 Å². The van der Waals surface area contributed by atoms with Gasteiger partial charge in [0, 0.05) is 19.6 Å². The normalized spacial score (nSPS) is 12.7. The summed E-state index contributed by atoms with van der Waals surface area (Å²) in [5.74, 6) is 0.226. The monoisotopic (exact) mass is 291 g/mol. The number of likely N-dealkylation sites (N-methyl/N-ethyl adjacent to an activating group) is 2. The highest BCUT2D eigenvalue weighted by Crippen LogP contribution is 2.31. The molecule has 0 spiro atoms. The SMILES string of the molecule is CCNC(=O)CN(CC)C(=O)c1cccc2c1OCCN2. The number of carbonyl (C=O) groups is 2. The van der Waals surface area contributed by atoms with Crippen LogP contribution in [-0.2, 0) is 4.79 Å². The van der Waals surface area contributed by atoms with E-state index < -0.39 is 0 Å². The van der Waals surface area contributed by atoms with Crippen molar-refractivity contribution in [2.75, 3.05) is 38.1 Å². The molecule has 1 aliphatic heterocycles. The number of anilines is 1. The number of amides is 2. The van der Waals surface area contributed by atoms with Crippen molar-refractivity contribution in [3.63, 3.8) is 0 Å². The average Bonchev–Trinajstić information content (AvgIpc) is 2.51. The van der Waals surface area contributed by atoms with Crippen molar-refractivity contribution < 1.29 is 14.3 Å². The van der Waals surface area contributed by atoms with Crippen molar-refractivity contribution in [1.29, 1.82) is 0 Å². The molecule has 0 bridgehead atoms. The maximum Gasteiger partial charge on any atom is 0.258 e. The van der Waals surface area contributed by atoms with Crippen molar-refractivity contribution in [1.82, 2.24) is 10.2 Å². The van der Waals surface area contributed by atoms with Crippen molar-refractivity contribution in [3.05, 3.63) is 23.8 Å². The van der Waals surface area contributed by atoms with Crippen LogP contribution in [-0.4, -0.2) is 49.5 Å². The van der Waals surface area contributed by atoms with E-state index in [-0.39, 0.29) is 18.4 Å². The van der Waals surface area contributed by atoms with Crippen LogP contribution in [0.4, 0.5) is 5.69 Å². The number of nitrogens with zero attached hydrogens (tertiary/aromatic N) is 1. The Morgan fingerprint density at radius 3 is 2.90 bits per heavy atom. The molecule has 0 saturated carbocycles. The topological polar surface area (TPSA) is 70.7 Å². The number of para-hydroxylation sites is 1. The number of rotatable bonds is 5. The fourth-order valence-corrected chi connectivity index (χ4v) is 2.26. The van der Waals surface area contributed by atoms with E-state index in [1.54, 1.807) is 6.07 Å². The second kappa shape index (κ2) is 6.97. The van der Waals surface area contributed by atoms with Crippen molar-refractivity contribution in [2.45, 2.75) is 13.8 Å². The van der Waals surface area contributed by atoms with Crippen LogP contribution in [0.15, 0.2) is 18.2 Å². The molecular formula is C15H21N3O3. The molecule has 0 unspecified atom stereocenters. The number of benzene rings is 1. The van der Waals surface area contributed by atoms with Gasteiger partial charge in [0.25, 0.3) is 5.91 Å². The second-order valence-corrected chi connectivity index (χ2v) is 4.73. The fraction of sp³-hybridized carbons (Fsp3) is 0.467. The predicted molar refractivity (Wildman–Crippen MR) is 80.7 cm³/mol. The number of nitrogens with one attached hydrogen (secondary N) is 2. The van der Waals surface area contributed by atoms with E-state index in [0.717, 1.165) is 12.2 Å². The summed E-state index contributed by atoms with van der Waals surface area (Å²) in [6.45, 7) is 6.03. The molecule has 1 heterocycles. The zero-order chi connectivity index (χ0) is 15.2. The van der Waals surface area contributed by atoms with E-state index >= 15 is 0 Å². The van der Waals surface area contributed by atoms with Crippen LogP contribution in [0.1, 0.15) is 24.2 Å². The van der Waals surface area contributed by atoms with Gasteiger partial charge in [-0.2, -0.15) is 0 Å². The molecule has 2 rings (SSSR count). The summed E-state index contributed by atoms with van der Waals surface area (Å²) >= 11 is 0. The van der Waals surface area contributed by atoms with Gasteiger partial charge in [0.2, 0.25) is 5.91 Å². The summed E-state index contributed by atoms with van der Waals surface area (Å²) in [7, 11) is 0. The van der Waals surface area contributed by atoms with E-state index in [4.69, 9.17) is 4.74 Å². The molecule has 1 aromatic carbocycles. The quantitative estimate of drug-likeness (QED) is 0.852. The van der Waals surface area contributed by atoms with Gasteiger partial charge < -0.3 is 20.3 Å². The van der Waals surface area contributed by atoms with Gasteiger partial charge in [-0.05, 0) is 26.0 Å². The summed E-state index contributed by atoms with van der Waals surface area (Å²) < 4.78 is 5.61. The first kappa shape index (κ1) is 15.2. The maximum absolute atomic E-state index is 12.6. The highest BCUT2D eigenvalue weighted by Gasteiger charge is 2.23. The minimum atomic E-state index is -0.190. The highest BCUT2D eigenvalue weighted by molar-refractivity contribution is 6.00. The standard InChI is InChI=1S/C15H21N3O3/c1-3-16-13(19)10-18(4-2)15(20)11-6-5-7-12-14(11)21-9-8-17-12/h5-7,17H,3-4,8-10H2,1-2H3,(H,16,19). The molecule has 0 aromatic heterocycles. The Morgan fingerprint density at radius 1 is 1.38 bits per heavy atom. The van der Waals surface area contributed by atoms with Crippen molar-refractivity contribution in [3.8, 4) is 5.75 Å². The highest BCUT2D eigenvalue weighted by atomic mass is 16.5. The van der Waals surface area contributed by atoms with Gasteiger partial charge in [0.05, 0.1) is 17.8 Å². The van der Waals surface area contributed by atoms with Gasteiger partial charge in [-0.3, -0.25) is 9.59 Å². The van der Waals surface area contributed by atoms with Crippen LogP contribution in [0.25, 0.3) is 0 Å². The summed E-state index contributed by atoms with van der Waals surface area (Å²) in [6.07, 6.45) is 0. The Hall–Kier alpha value is -2.24. The summed E-state index contributed by atoms with van der Waals surface area (Å²) in [5.41, 5.74) is 1.31. The summed E-state index contributed by atoms with van der Waals surface area (Å²) in [6, 6.07) is 5.42. The Labute approximate surface area is 124 Å². The third kappa shape index (κ3) is 3.45. The largest absolute Gasteiger partial charge is 0.489 e. The molecular weight excluding hydrogens is 270 g/mol. The molecule has 0 fully saturated rings. The Balaban J connectivity index is 2.20. The maximum atomic E-state index is 12.6. The Kier molecular flexibility index (Phi) is 5.03. The van der Waals surface area contributed by atoms with E-state index in [9.17, 15) is 9.59 Å². The van der Waals surface area contributed by atoms with Crippen molar-refractivity contribution >= 4 is 17.5 Å². The first-order valence-electron chi connectivity index (χ1n) is 7.23. The zero-order valence-corrected chi connectivity index (χ0v) is 12.4. The average molecular weight is 291 g/mol. The lowest BCUT2D eigenvalue weighted by Crippen LogP contribution is -2.40. The molecule has 0 atom stereocenters. The number of hydrogen-bond donors (Lipinski definition) is 2. The molecule has 2 amide bonds. The van der Waals surface area contributed by atoms with E-state index in [0.29, 0.717) is 31.0 Å². The van der Waals surface area contributed by atoms with Gasteiger partial charge in [-0.15, -0.1) is 0 Å². The van der Waals surface area contributed by atoms with Crippen LogP contribution < -0.4 is 15.4 Å². The number of carbonyl (C=O) groups excluding carboxylic acids is 2. The lowest BCUT2D eigenvalue weighted by molar-refractivity contribution is -0.121. The molecule has 1 aromatic rings. The lowest BCUT2D eigenvalue weighted by Gasteiger charge is -2.25. The Morgan fingerprint density at radius 2 is 2.19 bits per heavy atom. The van der Waals surface area contributed by atoms with E-state index in [2.05, 4.69) is 10.6 Å². The molecule has 0 aliphatic carbocycles. The summed E-state index contributed by atoms with van der Waals surface area (Å²) in [4.78, 5) is 25.8. The van der Waals surface area contributed by atoms with Crippen LogP contribution in [0, 0.1) is 0 Å². The molecule has 21 heavy (non-hydrogen) atoms. The van der Waals surface area contributed by atoms with Gasteiger partial charge in [-0.25, -0.2) is 0 Å². The third-order valence-electron chi connectivity index (χ3n) is 3.29. The molecule has 0 saturated heterocycles. The van der Waals surface area contributed by atoms with Gasteiger partial charge >= 0.3 is 0 Å². The third-order valence-corrected chi connectivity index (χ3v) is 3.29. The lowest BCUT2D eigenvalue weighted by atomic mass is 10.1. The first-order chi connectivity index (χ1) is 10.2. The zero-order valence-electron chi connectivity index (χ0n) is 12.4. The van der Waals surface area contributed by atoms with E-state index in [1.807, 2.05) is 26.0 Å². The molecule has 6 nitrogen and oxygen atoms in total. The minimum absolute atomic E-state index is 0.0558.